The van der Waals surface area contributed by atoms with Crippen LogP contribution < -0.4 is 10.2 Å². The molecule has 1 aromatic rings. The molecule has 1 aliphatic heterocycles. The summed E-state index contributed by atoms with van der Waals surface area (Å²) >= 11 is 0. The van der Waals surface area contributed by atoms with E-state index in [0.29, 0.717) is 12.5 Å². The summed E-state index contributed by atoms with van der Waals surface area (Å²) in [6, 6.07) is 8.03. The van der Waals surface area contributed by atoms with Gasteiger partial charge in [-0.05, 0) is 58.7 Å². The highest BCUT2D eigenvalue weighted by molar-refractivity contribution is 5.91. The molecule has 1 aliphatic carbocycles. The minimum Gasteiger partial charge on any atom is -0.443 e. The maximum atomic E-state index is 12.4. The van der Waals surface area contributed by atoms with E-state index in [4.69, 9.17) is 4.74 Å². The third kappa shape index (κ3) is 7.14. The van der Waals surface area contributed by atoms with E-state index in [-0.39, 0.29) is 18.6 Å². The lowest BCUT2D eigenvalue weighted by molar-refractivity contribution is 0.0571. The number of amides is 1. The van der Waals surface area contributed by atoms with Crippen LogP contribution in [0, 0.1) is 0 Å². The van der Waals surface area contributed by atoms with E-state index in [9.17, 15) is 14.4 Å². The molecule has 0 bridgehead atoms. The van der Waals surface area contributed by atoms with Gasteiger partial charge in [-0.3, -0.25) is 4.90 Å². The third-order valence-electron chi connectivity index (χ3n) is 5.35. The van der Waals surface area contributed by atoms with Crippen LogP contribution in [-0.2, 0) is 20.7 Å². The van der Waals surface area contributed by atoms with Crippen LogP contribution in [0.15, 0.2) is 34.3 Å². The summed E-state index contributed by atoms with van der Waals surface area (Å²) in [6.45, 7) is 5.71. The lowest BCUT2D eigenvalue weighted by Crippen LogP contribution is -2.42. The number of aliphatic imine (C=N–C) groups is 2. The maximum absolute atomic E-state index is 12.4. The van der Waals surface area contributed by atoms with Crippen molar-refractivity contribution in [3.8, 4) is 0 Å². The van der Waals surface area contributed by atoms with Crippen LogP contribution in [0.4, 0.5) is 10.5 Å². The Morgan fingerprint density at radius 3 is 2.55 bits per heavy atom. The molecular formula is C23H32N4O4. The highest BCUT2D eigenvalue weighted by Crippen LogP contribution is 2.33. The van der Waals surface area contributed by atoms with Crippen molar-refractivity contribution in [3.63, 3.8) is 0 Å². The first-order chi connectivity index (χ1) is 14.8. The van der Waals surface area contributed by atoms with Crippen molar-refractivity contribution in [1.29, 1.82) is 0 Å². The Morgan fingerprint density at radius 1 is 1.19 bits per heavy atom. The average Bonchev–Trinajstić information content (AvgIpc) is 3.10. The monoisotopic (exact) mass is 428 g/mol. The summed E-state index contributed by atoms with van der Waals surface area (Å²) in [6.07, 6.45) is 8.02. The van der Waals surface area contributed by atoms with E-state index < -0.39 is 11.7 Å². The number of rotatable bonds is 4. The fraction of sp³-hybridized carbons (Fsp3) is 0.609. The van der Waals surface area contributed by atoms with Gasteiger partial charge in [0.05, 0.1) is 24.3 Å². The SMILES string of the molecule is CC(C)(C)OC(=O)N1c2ccccc2CC1CN=C=O.CNC1CCCCC1N=C=O. The number of isocyanates is 2. The number of carbonyl (C=O) groups excluding carboxylic acids is 3. The van der Waals surface area contributed by atoms with Gasteiger partial charge in [-0.1, -0.05) is 31.0 Å². The van der Waals surface area contributed by atoms with Gasteiger partial charge in [0.1, 0.15) is 5.60 Å². The fourth-order valence-corrected chi connectivity index (χ4v) is 3.98. The van der Waals surface area contributed by atoms with E-state index in [0.717, 1.165) is 24.1 Å². The molecule has 0 saturated heterocycles. The summed E-state index contributed by atoms with van der Waals surface area (Å²) < 4.78 is 5.44. The highest BCUT2D eigenvalue weighted by atomic mass is 16.6. The van der Waals surface area contributed by atoms with Gasteiger partial charge in [-0.15, -0.1) is 0 Å². The Hall–Kier alpha value is -2.79. The molecule has 1 saturated carbocycles. The van der Waals surface area contributed by atoms with Gasteiger partial charge < -0.3 is 10.1 Å². The van der Waals surface area contributed by atoms with Crippen molar-refractivity contribution in [1.82, 2.24) is 5.32 Å². The minimum atomic E-state index is -0.562. The molecule has 168 valence electrons. The number of likely N-dealkylation sites (N-methyl/N-ethyl adjacent to an activating group) is 1. The van der Waals surface area contributed by atoms with Gasteiger partial charge in [0.25, 0.3) is 0 Å². The molecule has 8 heteroatoms. The molecule has 2 aliphatic rings. The molecule has 31 heavy (non-hydrogen) atoms. The second kappa shape index (κ2) is 11.6. The molecule has 0 spiro atoms. The van der Waals surface area contributed by atoms with Crippen LogP contribution in [0.1, 0.15) is 52.0 Å². The summed E-state index contributed by atoms with van der Waals surface area (Å²) in [5.74, 6) is 0. The fourth-order valence-electron chi connectivity index (χ4n) is 3.98. The second-order valence-corrected chi connectivity index (χ2v) is 8.74. The van der Waals surface area contributed by atoms with E-state index in [1.807, 2.05) is 52.1 Å². The molecule has 3 unspecified atom stereocenters. The molecule has 1 heterocycles. The zero-order chi connectivity index (χ0) is 22.9. The molecule has 1 fully saturated rings. The van der Waals surface area contributed by atoms with Crippen molar-refractivity contribution in [2.75, 3.05) is 18.5 Å². The van der Waals surface area contributed by atoms with Crippen molar-refractivity contribution < 1.29 is 19.1 Å². The highest BCUT2D eigenvalue weighted by Gasteiger charge is 2.36. The van der Waals surface area contributed by atoms with Gasteiger partial charge in [0.15, 0.2) is 0 Å². The van der Waals surface area contributed by atoms with Crippen molar-refractivity contribution in [3.05, 3.63) is 29.8 Å². The third-order valence-corrected chi connectivity index (χ3v) is 5.35. The first-order valence-corrected chi connectivity index (χ1v) is 10.7. The van der Waals surface area contributed by atoms with Gasteiger partial charge in [-0.2, -0.15) is 0 Å². The quantitative estimate of drug-likeness (QED) is 0.584. The average molecular weight is 429 g/mol. The smallest absolute Gasteiger partial charge is 0.415 e. The topological polar surface area (TPSA) is 100 Å². The number of benzene rings is 1. The normalized spacial score (nSPS) is 22.2. The van der Waals surface area contributed by atoms with Crippen molar-refractivity contribution >= 4 is 23.9 Å². The number of nitrogens with one attached hydrogen (secondary N) is 1. The largest absolute Gasteiger partial charge is 0.443 e. The van der Waals surface area contributed by atoms with Crippen LogP contribution in [-0.4, -0.2) is 55.6 Å². The Labute approximate surface area is 183 Å². The molecule has 1 N–H and O–H groups in total. The van der Waals surface area contributed by atoms with E-state index in [1.165, 1.54) is 18.9 Å². The van der Waals surface area contributed by atoms with Gasteiger partial charge in [-0.25, -0.2) is 24.4 Å². The molecule has 0 aromatic heterocycles. The van der Waals surface area contributed by atoms with Crippen LogP contribution >= 0.6 is 0 Å². The molecular weight excluding hydrogens is 396 g/mol. The number of carbonyl (C=O) groups is 1. The van der Waals surface area contributed by atoms with Crippen molar-refractivity contribution in [2.24, 2.45) is 9.98 Å². The van der Waals surface area contributed by atoms with E-state index >= 15 is 0 Å². The molecule has 3 atom stereocenters. The molecule has 1 amide bonds. The maximum Gasteiger partial charge on any atom is 0.415 e. The Morgan fingerprint density at radius 2 is 1.90 bits per heavy atom. The first-order valence-electron chi connectivity index (χ1n) is 10.7. The Bertz CT molecular complexity index is 838. The number of ether oxygens (including phenoxy) is 1. The Kier molecular flexibility index (Phi) is 9.13. The lowest BCUT2D eigenvalue weighted by Gasteiger charge is -2.28. The van der Waals surface area contributed by atoms with Gasteiger partial charge in [0, 0.05) is 6.04 Å². The molecule has 3 rings (SSSR count). The summed E-state index contributed by atoms with van der Waals surface area (Å²) in [5, 5.41) is 3.17. The number of nitrogens with zero attached hydrogens (tertiary/aromatic N) is 3. The number of fused-ring (bicyclic) bond motifs is 1. The zero-order valence-corrected chi connectivity index (χ0v) is 18.8. The number of para-hydroxylation sites is 1. The van der Waals surface area contributed by atoms with Crippen molar-refractivity contribution in [2.45, 2.75) is 76.6 Å². The first kappa shape index (κ1) is 24.5. The van der Waals surface area contributed by atoms with Crippen LogP contribution in [0.25, 0.3) is 0 Å². The summed E-state index contributed by atoms with van der Waals surface area (Å²) in [7, 11) is 1.92. The second-order valence-electron chi connectivity index (χ2n) is 8.74. The van der Waals surface area contributed by atoms with E-state index in [1.54, 1.807) is 11.0 Å². The number of anilines is 1. The Balaban J connectivity index is 0.000000262. The summed E-state index contributed by atoms with van der Waals surface area (Å²) in [5.41, 5.74) is 1.32. The van der Waals surface area contributed by atoms with Crippen LogP contribution in [0.3, 0.4) is 0 Å². The van der Waals surface area contributed by atoms with Gasteiger partial charge >= 0.3 is 6.09 Å². The number of hydrogen-bond acceptors (Lipinski definition) is 7. The van der Waals surface area contributed by atoms with E-state index in [2.05, 4.69) is 15.3 Å². The van der Waals surface area contributed by atoms with Crippen LogP contribution in [0.2, 0.25) is 0 Å². The molecule has 0 radical (unpaired) electrons. The molecule has 1 aromatic carbocycles. The van der Waals surface area contributed by atoms with Crippen LogP contribution in [0.5, 0.6) is 0 Å². The predicted molar refractivity (Wildman–Crippen MR) is 119 cm³/mol. The number of hydrogen-bond donors (Lipinski definition) is 1. The zero-order valence-electron chi connectivity index (χ0n) is 18.8. The predicted octanol–water partition coefficient (Wildman–Crippen LogP) is 3.54. The standard InChI is InChI=1S/C15H18N2O3.C8H14N2O/c1-15(2,3)20-14(19)17-12(9-16-10-18)8-11-6-4-5-7-13(11)17;1-9-7-4-2-3-5-8(7)10-6-11/h4-7,12H,8-9H2,1-3H3;7-9H,2-5H2,1H3. The summed E-state index contributed by atoms with van der Waals surface area (Å²) in [4.78, 5) is 41.7. The lowest BCUT2D eigenvalue weighted by atomic mass is 9.91. The minimum absolute atomic E-state index is 0.172. The van der Waals surface area contributed by atoms with Gasteiger partial charge in [0.2, 0.25) is 12.2 Å². The molecule has 8 nitrogen and oxygen atoms in total.